The van der Waals surface area contributed by atoms with Crippen LogP contribution in [0.5, 0.6) is 5.75 Å². The Labute approximate surface area is 134 Å². The maximum absolute atomic E-state index is 12.2. The van der Waals surface area contributed by atoms with Crippen LogP contribution in [0.2, 0.25) is 0 Å². The number of alkyl halides is 2. The summed E-state index contributed by atoms with van der Waals surface area (Å²) in [7, 11) is 1.44. The van der Waals surface area contributed by atoms with E-state index in [4.69, 9.17) is 4.74 Å². The lowest BCUT2D eigenvalue weighted by atomic mass is 9.92. The molecule has 1 rings (SSSR count). The van der Waals surface area contributed by atoms with Crippen molar-refractivity contribution in [3.05, 3.63) is 29.8 Å². The van der Waals surface area contributed by atoms with E-state index in [-0.39, 0.29) is 5.75 Å². The second kappa shape index (κ2) is 6.93. The van der Waals surface area contributed by atoms with Gasteiger partial charge in [-0.05, 0) is 45.4 Å². The number of halogens is 2. The van der Waals surface area contributed by atoms with Crippen molar-refractivity contribution in [1.29, 1.82) is 0 Å². The number of benzene rings is 1. The number of nitrogens with zero attached hydrogens (tertiary/aromatic N) is 1. The van der Waals surface area contributed by atoms with E-state index < -0.39 is 23.8 Å². The van der Waals surface area contributed by atoms with Gasteiger partial charge in [0.05, 0.1) is 0 Å². The van der Waals surface area contributed by atoms with Gasteiger partial charge in [-0.1, -0.05) is 12.1 Å². The molecule has 0 heterocycles. The average Bonchev–Trinajstić information content (AvgIpc) is 2.44. The highest BCUT2D eigenvalue weighted by molar-refractivity contribution is 5.78. The molecule has 0 spiro atoms. The van der Waals surface area contributed by atoms with Crippen LogP contribution >= 0.6 is 0 Å². The van der Waals surface area contributed by atoms with Crippen LogP contribution in [0.3, 0.4) is 0 Å². The number of amides is 1. The minimum absolute atomic E-state index is 0.0306. The van der Waals surface area contributed by atoms with Crippen molar-refractivity contribution in [2.24, 2.45) is 0 Å². The van der Waals surface area contributed by atoms with Crippen molar-refractivity contribution in [3.8, 4) is 5.75 Å². The van der Waals surface area contributed by atoms with Crippen LogP contribution in [0.25, 0.3) is 0 Å². The molecule has 5 nitrogen and oxygen atoms in total. The number of likely N-dealkylation sites (N-methyl/N-ethyl adjacent to an activating group) is 1. The predicted molar refractivity (Wildman–Crippen MR) is 80.5 cm³/mol. The first-order chi connectivity index (χ1) is 10.5. The third-order valence-corrected chi connectivity index (χ3v) is 3.26. The molecular formula is C16H21F2NO4. The fourth-order valence-electron chi connectivity index (χ4n) is 1.83. The van der Waals surface area contributed by atoms with Gasteiger partial charge < -0.3 is 14.3 Å². The van der Waals surface area contributed by atoms with Crippen LogP contribution < -0.4 is 4.74 Å². The van der Waals surface area contributed by atoms with Gasteiger partial charge in [0.15, 0.2) is 0 Å². The van der Waals surface area contributed by atoms with Crippen molar-refractivity contribution < 1.29 is 27.8 Å². The van der Waals surface area contributed by atoms with Gasteiger partial charge >= 0.3 is 12.7 Å². The number of hydrogen-bond acceptors (Lipinski definition) is 4. The summed E-state index contributed by atoms with van der Waals surface area (Å²) < 4.78 is 33.8. The van der Waals surface area contributed by atoms with Crippen molar-refractivity contribution >= 4 is 12.4 Å². The topological polar surface area (TPSA) is 55.8 Å². The van der Waals surface area contributed by atoms with Crippen molar-refractivity contribution in [2.75, 3.05) is 7.05 Å². The molecule has 0 fully saturated rings. The predicted octanol–water partition coefficient (Wildman–Crippen LogP) is 3.57. The SMILES string of the molecule is CN(C(=O)OC(C)(C)C)C(C)(C=O)c1ccc(OC(F)F)cc1. The molecule has 0 saturated carbocycles. The smallest absolute Gasteiger partial charge is 0.411 e. The number of carbonyl (C=O) groups is 2. The summed E-state index contributed by atoms with van der Waals surface area (Å²) in [6.07, 6.45) is -0.0695. The largest absolute Gasteiger partial charge is 0.444 e. The molecule has 0 saturated heterocycles. The molecular weight excluding hydrogens is 308 g/mol. The summed E-state index contributed by atoms with van der Waals surface area (Å²) in [5.74, 6) is -0.0306. The Morgan fingerprint density at radius 1 is 1.17 bits per heavy atom. The second-order valence-corrected chi connectivity index (χ2v) is 6.21. The van der Waals surface area contributed by atoms with E-state index in [0.717, 1.165) is 4.90 Å². The number of carbonyl (C=O) groups excluding carboxylic acids is 2. The zero-order valence-electron chi connectivity index (χ0n) is 13.8. The molecule has 0 N–H and O–H groups in total. The normalized spacial score (nSPS) is 14.1. The van der Waals surface area contributed by atoms with Crippen LogP contribution in [0.4, 0.5) is 13.6 Å². The molecule has 0 aliphatic heterocycles. The number of hydrogen-bond donors (Lipinski definition) is 0. The zero-order valence-corrected chi connectivity index (χ0v) is 13.8. The van der Waals surface area contributed by atoms with E-state index in [1.165, 1.54) is 38.2 Å². The number of rotatable bonds is 5. The van der Waals surface area contributed by atoms with Gasteiger partial charge in [-0.3, -0.25) is 4.90 Å². The Morgan fingerprint density at radius 3 is 2.09 bits per heavy atom. The summed E-state index contributed by atoms with van der Waals surface area (Å²) in [6.45, 7) is 3.75. The Hall–Kier alpha value is -2.18. The summed E-state index contributed by atoms with van der Waals surface area (Å²) in [5, 5.41) is 0. The Kier molecular flexibility index (Phi) is 5.69. The summed E-state index contributed by atoms with van der Waals surface area (Å²) in [5.41, 5.74) is -1.56. The Bertz CT molecular complexity index is 554. The van der Waals surface area contributed by atoms with Gasteiger partial charge in [0.1, 0.15) is 23.2 Å². The lowest BCUT2D eigenvalue weighted by Crippen LogP contribution is -2.48. The van der Waals surface area contributed by atoms with Crippen LogP contribution in [-0.4, -0.2) is 36.5 Å². The highest BCUT2D eigenvalue weighted by Gasteiger charge is 2.36. The van der Waals surface area contributed by atoms with E-state index in [1.54, 1.807) is 20.8 Å². The maximum Gasteiger partial charge on any atom is 0.411 e. The van der Waals surface area contributed by atoms with Crippen molar-refractivity contribution in [1.82, 2.24) is 4.90 Å². The van der Waals surface area contributed by atoms with Gasteiger partial charge in [0.2, 0.25) is 0 Å². The summed E-state index contributed by atoms with van der Waals surface area (Å²) in [6, 6.07) is 5.53. The fourth-order valence-corrected chi connectivity index (χ4v) is 1.83. The minimum atomic E-state index is -2.93. The molecule has 1 atom stereocenters. The third-order valence-electron chi connectivity index (χ3n) is 3.26. The molecule has 23 heavy (non-hydrogen) atoms. The van der Waals surface area contributed by atoms with Crippen LogP contribution in [-0.2, 0) is 15.1 Å². The molecule has 7 heteroatoms. The van der Waals surface area contributed by atoms with E-state index in [0.29, 0.717) is 11.8 Å². The van der Waals surface area contributed by atoms with E-state index >= 15 is 0 Å². The minimum Gasteiger partial charge on any atom is -0.444 e. The lowest BCUT2D eigenvalue weighted by molar-refractivity contribution is -0.117. The molecule has 1 aromatic carbocycles. The molecule has 0 aliphatic carbocycles. The number of ether oxygens (including phenoxy) is 2. The fraction of sp³-hybridized carbons (Fsp3) is 0.500. The second-order valence-electron chi connectivity index (χ2n) is 6.21. The van der Waals surface area contributed by atoms with Crippen molar-refractivity contribution in [3.63, 3.8) is 0 Å². The lowest BCUT2D eigenvalue weighted by Gasteiger charge is -2.35. The molecule has 1 amide bonds. The van der Waals surface area contributed by atoms with Crippen LogP contribution in [0, 0.1) is 0 Å². The monoisotopic (exact) mass is 329 g/mol. The standard InChI is InChI=1S/C16H21F2NO4/c1-15(2,3)23-14(21)19(5)16(4,10-20)11-6-8-12(9-7-11)22-13(17)18/h6-10,13H,1-5H3. The summed E-state index contributed by atoms with van der Waals surface area (Å²) in [4.78, 5) is 24.9. The first-order valence-corrected chi connectivity index (χ1v) is 6.98. The highest BCUT2D eigenvalue weighted by Crippen LogP contribution is 2.28. The van der Waals surface area contributed by atoms with Gasteiger partial charge in [-0.2, -0.15) is 8.78 Å². The van der Waals surface area contributed by atoms with Gasteiger partial charge in [0, 0.05) is 7.05 Å². The highest BCUT2D eigenvalue weighted by atomic mass is 19.3. The first kappa shape index (κ1) is 18.9. The molecule has 128 valence electrons. The zero-order chi connectivity index (χ0) is 17.8. The molecule has 0 bridgehead atoms. The Morgan fingerprint density at radius 2 is 1.70 bits per heavy atom. The van der Waals surface area contributed by atoms with E-state index in [2.05, 4.69) is 4.74 Å². The third kappa shape index (κ3) is 4.91. The van der Waals surface area contributed by atoms with Crippen LogP contribution in [0.1, 0.15) is 33.3 Å². The van der Waals surface area contributed by atoms with Crippen molar-refractivity contribution in [2.45, 2.75) is 45.4 Å². The maximum atomic E-state index is 12.2. The molecule has 0 aromatic heterocycles. The quantitative estimate of drug-likeness (QED) is 0.775. The Balaban J connectivity index is 3.04. The summed E-state index contributed by atoms with van der Waals surface area (Å²) >= 11 is 0. The first-order valence-electron chi connectivity index (χ1n) is 6.98. The van der Waals surface area contributed by atoms with E-state index in [1.807, 2.05) is 0 Å². The number of aldehydes is 1. The molecule has 1 aromatic rings. The van der Waals surface area contributed by atoms with Gasteiger partial charge in [-0.25, -0.2) is 4.79 Å². The van der Waals surface area contributed by atoms with E-state index in [9.17, 15) is 18.4 Å². The molecule has 0 radical (unpaired) electrons. The van der Waals surface area contributed by atoms with Crippen LogP contribution in [0.15, 0.2) is 24.3 Å². The molecule has 1 unspecified atom stereocenters. The van der Waals surface area contributed by atoms with Gasteiger partial charge in [-0.15, -0.1) is 0 Å². The average molecular weight is 329 g/mol. The van der Waals surface area contributed by atoms with Gasteiger partial charge in [0.25, 0.3) is 0 Å². The molecule has 0 aliphatic rings.